The highest BCUT2D eigenvalue weighted by Gasteiger charge is 2.51. The Morgan fingerprint density at radius 2 is 2.33 bits per heavy atom. The number of aliphatic hydroxyl groups excluding tert-OH is 1. The van der Waals surface area contributed by atoms with Gasteiger partial charge in [0.15, 0.2) is 0 Å². The van der Waals surface area contributed by atoms with Crippen molar-refractivity contribution in [2.24, 2.45) is 17.1 Å². The Labute approximate surface area is 90.4 Å². The van der Waals surface area contributed by atoms with Crippen molar-refractivity contribution in [2.45, 2.75) is 32.2 Å². The Hall–Kier alpha value is -0.610. The van der Waals surface area contributed by atoms with Crippen molar-refractivity contribution in [2.75, 3.05) is 19.7 Å². The Kier molecular flexibility index (Phi) is 2.73. The fraction of sp³-hybridized carbons (Fsp3) is 0.909. The summed E-state index contributed by atoms with van der Waals surface area (Å²) < 4.78 is 0. The average Bonchev–Trinajstić information content (AvgIpc) is 2.55. The van der Waals surface area contributed by atoms with Crippen LogP contribution in [0.1, 0.15) is 26.2 Å². The van der Waals surface area contributed by atoms with Crippen molar-refractivity contribution in [1.82, 2.24) is 4.90 Å². The minimum atomic E-state index is -0.417. The van der Waals surface area contributed by atoms with Crippen LogP contribution >= 0.6 is 0 Å². The topological polar surface area (TPSA) is 66.6 Å². The molecule has 2 atom stereocenters. The van der Waals surface area contributed by atoms with Gasteiger partial charge in [-0.1, -0.05) is 6.42 Å². The molecule has 4 heteroatoms. The van der Waals surface area contributed by atoms with Gasteiger partial charge in [-0.05, 0) is 25.2 Å². The highest BCUT2D eigenvalue weighted by molar-refractivity contribution is 5.81. The Bertz CT molecular complexity index is 261. The molecule has 2 aliphatic rings. The van der Waals surface area contributed by atoms with Gasteiger partial charge in [-0.25, -0.2) is 0 Å². The number of nitrogens with zero attached hydrogens (tertiary/aromatic N) is 1. The molecular formula is C11H20N2O2. The fourth-order valence-electron chi connectivity index (χ4n) is 2.94. The predicted molar refractivity (Wildman–Crippen MR) is 57.1 cm³/mol. The van der Waals surface area contributed by atoms with Gasteiger partial charge in [0.25, 0.3) is 0 Å². The van der Waals surface area contributed by atoms with E-state index >= 15 is 0 Å². The molecule has 1 spiro atoms. The third kappa shape index (κ3) is 1.66. The first kappa shape index (κ1) is 10.9. The molecule has 0 aromatic rings. The van der Waals surface area contributed by atoms with Crippen LogP contribution in [0.25, 0.3) is 0 Å². The maximum absolute atomic E-state index is 11.8. The van der Waals surface area contributed by atoms with E-state index in [1.54, 1.807) is 6.92 Å². The molecule has 0 radical (unpaired) electrons. The monoisotopic (exact) mass is 212 g/mol. The summed E-state index contributed by atoms with van der Waals surface area (Å²) in [4.78, 5) is 13.6. The third-order valence-electron chi connectivity index (χ3n) is 4.08. The van der Waals surface area contributed by atoms with E-state index in [0.717, 1.165) is 19.4 Å². The number of nitrogens with two attached hydrogens (primary N) is 1. The van der Waals surface area contributed by atoms with Gasteiger partial charge in [-0.2, -0.15) is 0 Å². The molecule has 1 amide bonds. The number of hydrogen-bond donors (Lipinski definition) is 2. The van der Waals surface area contributed by atoms with Gasteiger partial charge in [0.1, 0.15) is 0 Å². The van der Waals surface area contributed by atoms with Crippen LogP contribution in [0.2, 0.25) is 0 Å². The number of carbonyl (C=O) groups excluding carboxylic acids is 1. The van der Waals surface area contributed by atoms with Crippen LogP contribution in [0, 0.1) is 11.3 Å². The molecule has 1 saturated carbocycles. The lowest BCUT2D eigenvalue weighted by atomic mass is 9.63. The van der Waals surface area contributed by atoms with Gasteiger partial charge in [0.05, 0.1) is 6.04 Å². The van der Waals surface area contributed by atoms with E-state index in [1.165, 1.54) is 6.42 Å². The van der Waals surface area contributed by atoms with Gasteiger partial charge in [0.2, 0.25) is 5.91 Å². The molecule has 1 aliphatic heterocycles. The van der Waals surface area contributed by atoms with Crippen molar-refractivity contribution in [3.8, 4) is 0 Å². The number of likely N-dealkylation sites (tertiary alicyclic amines) is 1. The molecule has 3 N–H and O–H groups in total. The summed E-state index contributed by atoms with van der Waals surface area (Å²) in [6, 6.07) is -0.417. The van der Waals surface area contributed by atoms with Gasteiger partial charge in [-0.15, -0.1) is 0 Å². The largest absolute Gasteiger partial charge is 0.396 e. The van der Waals surface area contributed by atoms with Crippen molar-refractivity contribution < 1.29 is 9.90 Å². The van der Waals surface area contributed by atoms with Crippen LogP contribution in [0.15, 0.2) is 0 Å². The van der Waals surface area contributed by atoms with Crippen LogP contribution in [-0.4, -0.2) is 41.7 Å². The number of rotatable bonds is 2. The molecule has 0 aromatic heterocycles. The van der Waals surface area contributed by atoms with Crippen molar-refractivity contribution in [3.63, 3.8) is 0 Å². The average molecular weight is 212 g/mol. The van der Waals surface area contributed by atoms with Gasteiger partial charge >= 0.3 is 0 Å². The van der Waals surface area contributed by atoms with Crippen LogP contribution < -0.4 is 5.73 Å². The fourth-order valence-corrected chi connectivity index (χ4v) is 2.94. The minimum absolute atomic E-state index is 0.0252. The van der Waals surface area contributed by atoms with Gasteiger partial charge in [-0.3, -0.25) is 4.79 Å². The molecule has 4 nitrogen and oxygen atoms in total. The number of hydrogen-bond acceptors (Lipinski definition) is 3. The van der Waals surface area contributed by atoms with Gasteiger partial charge < -0.3 is 15.7 Å². The van der Waals surface area contributed by atoms with Crippen molar-refractivity contribution >= 4 is 5.91 Å². The SMILES string of the molecule is C[C@@H](N)C(=O)N1C[C@H](CO)C2(CCC2)C1. The lowest BCUT2D eigenvalue weighted by Crippen LogP contribution is -2.43. The van der Waals surface area contributed by atoms with Gasteiger partial charge in [0, 0.05) is 25.6 Å². The van der Waals surface area contributed by atoms with E-state index in [4.69, 9.17) is 5.73 Å². The zero-order chi connectivity index (χ0) is 11.1. The maximum Gasteiger partial charge on any atom is 0.239 e. The molecule has 1 aliphatic carbocycles. The van der Waals surface area contributed by atoms with Crippen LogP contribution in [0.3, 0.4) is 0 Å². The molecule has 86 valence electrons. The summed E-state index contributed by atoms with van der Waals surface area (Å²) in [5.74, 6) is 0.297. The molecule has 1 heterocycles. The molecular weight excluding hydrogens is 192 g/mol. The maximum atomic E-state index is 11.8. The normalized spacial score (nSPS) is 30.3. The van der Waals surface area contributed by atoms with Crippen LogP contribution in [-0.2, 0) is 4.79 Å². The Balaban J connectivity index is 2.05. The highest BCUT2D eigenvalue weighted by Crippen LogP contribution is 2.51. The number of carbonyl (C=O) groups is 1. The van der Waals surface area contributed by atoms with Crippen molar-refractivity contribution in [3.05, 3.63) is 0 Å². The van der Waals surface area contributed by atoms with E-state index < -0.39 is 6.04 Å². The van der Waals surface area contributed by atoms with Crippen molar-refractivity contribution in [1.29, 1.82) is 0 Å². The molecule has 2 rings (SSSR count). The smallest absolute Gasteiger partial charge is 0.239 e. The van der Waals surface area contributed by atoms with E-state index in [0.29, 0.717) is 6.54 Å². The number of aliphatic hydroxyl groups is 1. The standard InChI is InChI=1S/C11H20N2O2/c1-8(12)10(15)13-5-9(6-14)11(7-13)3-2-4-11/h8-9,14H,2-7,12H2,1H3/t8-,9-/m1/s1. The molecule has 2 fully saturated rings. The summed E-state index contributed by atoms with van der Waals surface area (Å²) in [6.45, 7) is 3.42. The molecule has 0 aromatic carbocycles. The van der Waals surface area contributed by atoms with E-state index in [2.05, 4.69) is 0 Å². The third-order valence-corrected chi connectivity index (χ3v) is 4.08. The Morgan fingerprint density at radius 1 is 1.67 bits per heavy atom. The first-order valence-electron chi connectivity index (χ1n) is 5.74. The van der Waals surface area contributed by atoms with E-state index in [1.807, 2.05) is 4.90 Å². The second-order valence-electron chi connectivity index (χ2n) is 5.10. The lowest BCUT2D eigenvalue weighted by molar-refractivity contribution is -0.131. The summed E-state index contributed by atoms with van der Waals surface area (Å²) in [5.41, 5.74) is 5.82. The number of amides is 1. The predicted octanol–water partition coefficient (Wildman–Crippen LogP) is -0.0454. The lowest BCUT2D eigenvalue weighted by Gasteiger charge is -2.42. The molecule has 15 heavy (non-hydrogen) atoms. The quantitative estimate of drug-likeness (QED) is 0.674. The Morgan fingerprint density at radius 3 is 2.67 bits per heavy atom. The molecule has 0 unspecified atom stereocenters. The first-order valence-corrected chi connectivity index (χ1v) is 5.74. The second kappa shape index (κ2) is 3.76. The molecule has 1 saturated heterocycles. The summed E-state index contributed by atoms with van der Waals surface area (Å²) in [5, 5.41) is 9.34. The van der Waals surface area contributed by atoms with Crippen LogP contribution in [0.4, 0.5) is 0 Å². The zero-order valence-corrected chi connectivity index (χ0v) is 9.28. The highest BCUT2D eigenvalue weighted by atomic mass is 16.3. The minimum Gasteiger partial charge on any atom is -0.396 e. The second-order valence-corrected chi connectivity index (χ2v) is 5.10. The first-order chi connectivity index (χ1) is 7.09. The summed E-state index contributed by atoms with van der Waals surface area (Å²) in [7, 11) is 0. The van der Waals surface area contributed by atoms with E-state index in [-0.39, 0.29) is 23.8 Å². The molecule has 0 bridgehead atoms. The van der Waals surface area contributed by atoms with Crippen LogP contribution in [0.5, 0.6) is 0 Å². The van der Waals surface area contributed by atoms with E-state index in [9.17, 15) is 9.90 Å². The summed E-state index contributed by atoms with van der Waals surface area (Å²) >= 11 is 0. The zero-order valence-electron chi connectivity index (χ0n) is 9.28. The summed E-state index contributed by atoms with van der Waals surface area (Å²) in [6.07, 6.45) is 3.54.